The monoisotopic (exact) mass is 494 g/mol. The van der Waals surface area contributed by atoms with Crippen molar-refractivity contribution >= 4 is 29.1 Å². The van der Waals surface area contributed by atoms with Gasteiger partial charge in [0, 0.05) is 23.6 Å². The summed E-state index contributed by atoms with van der Waals surface area (Å²) < 4.78 is 2.02. The molecular weight excluding hydrogens is 475 g/mol. The third kappa shape index (κ3) is 5.11. The molecular formula is C25H20Cl2N4O3. The van der Waals surface area contributed by atoms with Crippen LogP contribution in [-0.2, 0) is 13.1 Å². The van der Waals surface area contributed by atoms with Crippen molar-refractivity contribution in [1.29, 1.82) is 0 Å². The summed E-state index contributed by atoms with van der Waals surface area (Å²) in [6.45, 7) is 0.201. The van der Waals surface area contributed by atoms with Gasteiger partial charge >= 0.3 is 5.69 Å². The molecule has 0 aliphatic heterocycles. The molecule has 0 aliphatic rings. The molecule has 1 heterocycles. The van der Waals surface area contributed by atoms with Gasteiger partial charge in [-0.3, -0.25) is 14.2 Å². The van der Waals surface area contributed by atoms with E-state index >= 15 is 0 Å². The molecule has 1 aromatic heterocycles. The lowest BCUT2D eigenvalue weighted by molar-refractivity contribution is 0.0773. The third-order valence-electron chi connectivity index (χ3n) is 5.17. The van der Waals surface area contributed by atoms with Gasteiger partial charge in [0.25, 0.3) is 11.5 Å². The van der Waals surface area contributed by atoms with Crippen molar-refractivity contribution in [2.45, 2.75) is 13.1 Å². The van der Waals surface area contributed by atoms with Gasteiger partial charge in [0.15, 0.2) is 0 Å². The topological polar surface area (TPSA) is 77.2 Å². The van der Waals surface area contributed by atoms with E-state index in [1.54, 1.807) is 55.6 Å². The molecule has 0 fully saturated rings. The molecule has 4 rings (SSSR count). The minimum atomic E-state index is -0.778. The number of hydrogen-bond acceptors (Lipinski definition) is 4. The molecule has 0 saturated carbocycles. The quantitative estimate of drug-likeness (QED) is 0.405. The number of carbonyl (C=O) groups is 1. The van der Waals surface area contributed by atoms with Gasteiger partial charge < -0.3 is 4.90 Å². The maximum absolute atomic E-state index is 13.3. The number of rotatable bonds is 6. The van der Waals surface area contributed by atoms with Gasteiger partial charge in [-0.1, -0.05) is 65.7 Å². The minimum absolute atomic E-state index is 0.0724. The summed E-state index contributed by atoms with van der Waals surface area (Å²) in [7, 11) is 1.58. The zero-order chi connectivity index (χ0) is 24.2. The Labute approximate surface area is 205 Å². The molecule has 9 heteroatoms. The van der Waals surface area contributed by atoms with Crippen LogP contribution in [0.4, 0.5) is 0 Å². The van der Waals surface area contributed by atoms with Gasteiger partial charge in [-0.2, -0.15) is 9.78 Å². The zero-order valence-corrected chi connectivity index (χ0v) is 19.7. The highest BCUT2D eigenvalue weighted by Crippen LogP contribution is 2.13. The van der Waals surface area contributed by atoms with Crippen molar-refractivity contribution in [3.63, 3.8) is 0 Å². The second-order valence-corrected chi connectivity index (χ2v) is 8.56. The lowest BCUT2D eigenvalue weighted by Gasteiger charge is -2.18. The largest absolute Gasteiger partial charge is 0.352 e. The van der Waals surface area contributed by atoms with E-state index in [9.17, 15) is 14.4 Å². The summed E-state index contributed by atoms with van der Waals surface area (Å²) in [5.74, 6) is -0.601. The third-order valence-corrected chi connectivity index (χ3v) is 5.66. The van der Waals surface area contributed by atoms with Crippen LogP contribution in [0.5, 0.6) is 0 Å². The van der Waals surface area contributed by atoms with Crippen molar-refractivity contribution in [3.05, 3.63) is 127 Å². The number of aromatic nitrogens is 3. The molecule has 7 nitrogen and oxygen atoms in total. The van der Waals surface area contributed by atoms with E-state index < -0.39 is 17.2 Å². The van der Waals surface area contributed by atoms with Crippen LogP contribution in [0.25, 0.3) is 5.69 Å². The van der Waals surface area contributed by atoms with Gasteiger partial charge in [-0.15, -0.1) is 0 Å². The van der Waals surface area contributed by atoms with E-state index in [1.165, 1.54) is 4.90 Å². The molecule has 0 N–H and O–H groups in total. The fraction of sp³-hybridized carbons (Fsp3) is 0.120. The summed E-state index contributed by atoms with van der Waals surface area (Å²) in [6.07, 6.45) is 0. The number of benzene rings is 3. The molecule has 3 aromatic carbocycles. The second kappa shape index (κ2) is 10.1. The van der Waals surface area contributed by atoms with Crippen LogP contribution in [-0.4, -0.2) is 32.2 Å². The van der Waals surface area contributed by atoms with Crippen molar-refractivity contribution < 1.29 is 4.79 Å². The van der Waals surface area contributed by atoms with E-state index in [4.69, 9.17) is 23.2 Å². The van der Waals surface area contributed by atoms with Gasteiger partial charge in [-0.25, -0.2) is 4.79 Å². The van der Waals surface area contributed by atoms with E-state index in [1.807, 2.05) is 30.3 Å². The lowest BCUT2D eigenvalue weighted by Crippen LogP contribution is -2.46. The zero-order valence-electron chi connectivity index (χ0n) is 18.2. The van der Waals surface area contributed by atoms with Crippen molar-refractivity contribution in [2.75, 3.05) is 7.05 Å². The molecule has 4 aromatic rings. The summed E-state index contributed by atoms with van der Waals surface area (Å²) in [5, 5.41) is 5.11. The lowest BCUT2D eigenvalue weighted by atomic mass is 10.2. The Morgan fingerprint density at radius 2 is 1.56 bits per heavy atom. The van der Waals surface area contributed by atoms with Crippen LogP contribution in [0.1, 0.15) is 21.6 Å². The first kappa shape index (κ1) is 23.5. The fourth-order valence-electron chi connectivity index (χ4n) is 3.47. The van der Waals surface area contributed by atoms with Crippen molar-refractivity contribution in [3.8, 4) is 5.69 Å². The highest BCUT2D eigenvalue weighted by Gasteiger charge is 2.23. The molecule has 0 radical (unpaired) electrons. The first-order chi connectivity index (χ1) is 16.3. The van der Waals surface area contributed by atoms with E-state index in [0.717, 1.165) is 14.8 Å². The van der Waals surface area contributed by atoms with Gasteiger partial charge in [0.05, 0.1) is 12.2 Å². The molecule has 0 unspecified atom stereocenters. The number of nitrogens with zero attached hydrogens (tertiary/aromatic N) is 4. The van der Waals surface area contributed by atoms with Crippen LogP contribution in [0, 0.1) is 0 Å². The Balaban J connectivity index is 1.82. The van der Waals surface area contributed by atoms with Crippen LogP contribution in [0.2, 0.25) is 10.0 Å². The van der Waals surface area contributed by atoms with Crippen molar-refractivity contribution in [2.24, 2.45) is 0 Å². The second-order valence-electron chi connectivity index (χ2n) is 7.69. The Morgan fingerprint density at radius 1 is 0.882 bits per heavy atom. The summed E-state index contributed by atoms with van der Waals surface area (Å²) in [4.78, 5) is 41.2. The predicted molar refractivity (Wildman–Crippen MR) is 132 cm³/mol. The molecule has 34 heavy (non-hydrogen) atoms. The maximum atomic E-state index is 13.3. The van der Waals surface area contributed by atoms with E-state index in [0.29, 0.717) is 21.3 Å². The Bertz CT molecular complexity index is 1450. The predicted octanol–water partition coefficient (Wildman–Crippen LogP) is 4.02. The number of halogens is 2. The van der Waals surface area contributed by atoms with Crippen LogP contribution in [0.3, 0.4) is 0 Å². The summed E-state index contributed by atoms with van der Waals surface area (Å²) in [6, 6.07) is 22.6. The SMILES string of the molecule is CN(Cc1ccccc1)C(=O)c1nn(-c2ccc(Cl)cc2)c(=O)n(Cc2cccc(Cl)c2)c1=O. The van der Waals surface area contributed by atoms with E-state index in [2.05, 4.69) is 5.10 Å². The average molecular weight is 495 g/mol. The number of carbonyl (C=O) groups excluding carboxylic acids is 1. The number of hydrogen-bond donors (Lipinski definition) is 0. The molecule has 0 saturated heterocycles. The summed E-state index contributed by atoms with van der Waals surface area (Å²) >= 11 is 12.1. The first-order valence-corrected chi connectivity index (χ1v) is 11.1. The fourth-order valence-corrected chi connectivity index (χ4v) is 3.81. The van der Waals surface area contributed by atoms with Gasteiger partial charge in [0.1, 0.15) is 0 Å². The Kier molecular flexibility index (Phi) is 6.95. The smallest absolute Gasteiger partial charge is 0.336 e. The Morgan fingerprint density at radius 3 is 2.24 bits per heavy atom. The minimum Gasteiger partial charge on any atom is -0.336 e. The molecule has 0 spiro atoms. The average Bonchev–Trinajstić information content (AvgIpc) is 2.83. The standard InChI is InChI=1S/C25H20Cl2N4O3/c1-29(15-17-6-3-2-4-7-17)23(32)22-24(33)30(16-18-8-5-9-20(27)14-18)25(34)31(28-22)21-12-10-19(26)11-13-21/h2-14H,15-16H2,1H3. The van der Waals surface area contributed by atoms with Crippen LogP contribution < -0.4 is 11.2 Å². The van der Waals surface area contributed by atoms with Gasteiger partial charge in [0.2, 0.25) is 5.69 Å². The Hall–Kier alpha value is -3.68. The molecule has 1 amide bonds. The van der Waals surface area contributed by atoms with Crippen molar-refractivity contribution in [1.82, 2.24) is 19.2 Å². The molecule has 0 bridgehead atoms. The van der Waals surface area contributed by atoms with E-state index in [-0.39, 0.29) is 18.8 Å². The normalized spacial score (nSPS) is 10.8. The maximum Gasteiger partial charge on any atom is 0.352 e. The van der Waals surface area contributed by atoms with Crippen LogP contribution >= 0.6 is 23.2 Å². The number of amides is 1. The highest BCUT2D eigenvalue weighted by atomic mass is 35.5. The van der Waals surface area contributed by atoms with Gasteiger partial charge in [-0.05, 0) is 47.5 Å². The molecule has 0 atom stereocenters. The molecule has 0 aliphatic carbocycles. The molecule has 172 valence electrons. The first-order valence-electron chi connectivity index (χ1n) is 10.4. The summed E-state index contributed by atoms with van der Waals surface area (Å²) in [5.41, 5.74) is 0.0684. The van der Waals surface area contributed by atoms with Crippen LogP contribution in [0.15, 0.2) is 88.5 Å². The highest BCUT2D eigenvalue weighted by molar-refractivity contribution is 6.30.